The molecule has 0 N–H and O–H groups in total. The molecule has 0 spiro atoms. The van der Waals surface area contributed by atoms with E-state index in [1.807, 2.05) is 66.3 Å². The van der Waals surface area contributed by atoms with Crippen LogP contribution in [0, 0.1) is 29.6 Å². The topological polar surface area (TPSA) is 68.6 Å². The molecule has 1 heterocycles. The maximum absolute atomic E-state index is 10.3. The Balaban J connectivity index is 1.86. The fourth-order valence-electron chi connectivity index (χ4n) is 4.50. The molecule has 1 atom stereocenters. The first kappa shape index (κ1) is 23.0. The summed E-state index contributed by atoms with van der Waals surface area (Å²) in [4.78, 5) is 6.73. The molecule has 5 nitrogen and oxygen atoms in total. The van der Waals surface area contributed by atoms with Crippen molar-refractivity contribution in [2.75, 3.05) is 6.54 Å². The van der Waals surface area contributed by atoms with Gasteiger partial charge in [-0.2, -0.15) is 10.5 Å². The van der Waals surface area contributed by atoms with Gasteiger partial charge < -0.3 is 4.57 Å². The molecule has 3 aromatic carbocycles. The van der Waals surface area contributed by atoms with Gasteiger partial charge in [0.25, 0.3) is 0 Å². The molecular formula is C29H27N5. The first-order valence-electron chi connectivity index (χ1n) is 11.4. The average Bonchev–Trinajstić information content (AvgIpc) is 3.29. The van der Waals surface area contributed by atoms with Crippen molar-refractivity contribution in [2.45, 2.75) is 26.4 Å². The van der Waals surface area contributed by atoms with Crippen LogP contribution >= 0.6 is 0 Å². The smallest absolute Gasteiger partial charge is 0.100 e. The zero-order valence-electron chi connectivity index (χ0n) is 19.7. The van der Waals surface area contributed by atoms with E-state index in [4.69, 9.17) is 5.26 Å². The van der Waals surface area contributed by atoms with Crippen LogP contribution in [0.25, 0.3) is 11.1 Å². The van der Waals surface area contributed by atoms with Gasteiger partial charge in [-0.1, -0.05) is 61.5 Å². The summed E-state index contributed by atoms with van der Waals surface area (Å²) >= 11 is 0. The lowest BCUT2D eigenvalue weighted by Crippen LogP contribution is -2.31. The molecule has 0 aliphatic heterocycles. The average molecular weight is 446 g/mol. The Morgan fingerprint density at radius 2 is 1.68 bits per heavy atom. The van der Waals surface area contributed by atoms with E-state index in [9.17, 15) is 5.26 Å². The van der Waals surface area contributed by atoms with Crippen molar-refractivity contribution in [3.8, 4) is 23.3 Å². The second-order valence-electron chi connectivity index (χ2n) is 8.40. The molecule has 0 aliphatic rings. The highest BCUT2D eigenvalue weighted by molar-refractivity contribution is 5.75. The Morgan fingerprint density at radius 1 is 0.941 bits per heavy atom. The van der Waals surface area contributed by atoms with Crippen LogP contribution in [-0.2, 0) is 13.6 Å². The largest absolute Gasteiger partial charge is 0.336 e. The lowest BCUT2D eigenvalue weighted by molar-refractivity contribution is 0.221. The number of hydrogen-bond donors (Lipinski definition) is 0. The second-order valence-corrected chi connectivity index (χ2v) is 8.40. The molecule has 0 bridgehead atoms. The minimum absolute atomic E-state index is 0.160. The van der Waals surface area contributed by atoms with Crippen LogP contribution in [0.5, 0.6) is 0 Å². The maximum atomic E-state index is 10.3. The van der Waals surface area contributed by atoms with Crippen LogP contribution < -0.4 is 0 Å². The molecule has 168 valence electrons. The quantitative estimate of drug-likeness (QED) is 0.363. The molecule has 0 radical (unpaired) electrons. The summed E-state index contributed by atoms with van der Waals surface area (Å²) in [7, 11) is 1.99. The van der Waals surface area contributed by atoms with Crippen molar-refractivity contribution in [3.05, 3.63) is 113 Å². The predicted molar refractivity (Wildman–Crippen MR) is 134 cm³/mol. The summed E-state index contributed by atoms with van der Waals surface area (Å²) in [5, 5.41) is 19.5. The summed E-state index contributed by atoms with van der Waals surface area (Å²) < 4.78 is 2.02. The highest BCUT2D eigenvalue weighted by Gasteiger charge is 2.28. The molecule has 34 heavy (non-hydrogen) atoms. The molecule has 5 heteroatoms. The van der Waals surface area contributed by atoms with Crippen LogP contribution in [0.1, 0.15) is 46.5 Å². The van der Waals surface area contributed by atoms with E-state index in [1.165, 1.54) is 0 Å². The fourth-order valence-corrected chi connectivity index (χ4v) is 4.50. The highest BCUT2D eigenvalue weighted by Crippen LogP contribution is 2.36. The maximum Gasteiger partial charge on any atom is 0.100 e. The highest BCUT2D eigenvalue weighted by atomic mass is 15.2. The van der Waals surface area contributed by atoms with Gasteiger partial charge in [0.05, 0.1) is 41.5 Å². The van der Waals surface area contributed by atoms with Gasteiger partial charge in [0.15, 0.2) is 0 Å². The minimum atomic E-state index is -0.160. The monoisotopic (exact) mass is 445 g/mol. The van der Waals surface area contributed by atoms with Crippen LogP contribution in [0.2, 0.25) is 0 Å². The Kier molecular flexibility index (Phi) is 6.87. The van der Waals surface area contributed by atoms with Crippen molar-refractivity contribution >= 4 is 0 Å². The third-order valence-corrected chi connectivity index (χ3v) is 6.31. The summed E-state index contributed by atoms with van der Waals surface area (Å²) in [5.41, 5.74) is 7.57. The Hall–Kier alpha value is -4.19. The van der Waals surface area contributed by atoms with Gasteiger partial charge in [-0.25, -0.2) is 4.98 Å². The number of benzene rings is 3. The fraction of sp³-hybridized carbons (Fsp3) is 0.207. The van der Waals surface area contributed by atoms with Crippen LogP contribution in [0.3, 0.4) is 0 Å². The van der Waals surface area contributed by atoms with Gasteiger partial charge in [0.1, 0.15) is 6.07 Å². The van der Waals surface area contributed by atoms with E-state index in [1.54, 1.807) is 6.33 Å². The lowest BCUT2D eigenvalue weighted by Gasteiger charge is -2.32. The van der Waals surface area contributed by atoms with E-state index < -0.39 is 0 Å². The van der Waals surface area contributed by atoms with Crippen molar-refractivity contribution < 1.29 is 0 Å². The van der Waals surface area contributed by atoms with Gasteiger partial charge in [-0.15, -0.1) is 0 Å². The number of nitrogens with zero attached hydrogens (tertiary/aromatic N) is 5. The van der Waals surface area contributed by atoms with Gasteiger partial charge in [0, 0.05) is 19.2 Å². The molecule has 0 amide bonds. The zero-order chi connectivity index (χ0) is 24.1. The summed E-state index contributed by atoms with van der Waals surface area (Å²) in [5.74, 6) is 0. The predicted octanol–water partition coefficient (Wildman–Crippen LogP) is 5.75. The summed E-state index contributed by atoms with van der Waals surface area (Å²) in [6.45, 7) is 5.65. The molecule has 0 fully saturated rings. The van der Waals surface area contributed by atoms with E-state index in [0.717, 1.165) is 40.1 Å². The number of nitriles is 2. The normalized spacial score (nSPS) is 11.7. The number of hydrogen-bond acceptors (Lipinski definition) is 4. The first-order chi connectivity index (χ1) is 16.6. The van der Waals surface area contributed by atoms with Crippen molar-refractivity contribution in [2.24, 2.45) is 7.05 Å². The summed E-state index contributed by atoms with van der Waals surface area (Å²) in [6.07, 6.45) is 3.68. The van der Waals surface area contributed by atoms with Crippen LogP contribution in [0.4, 0.5) is 0 Å². The molecule has 0 saturated heterocycles. The number of rotatable bonds is 7. The Labute approximate surface area is 201 Å². The zero-order valence-corrected chi connectivity index (χ0v) is 19.7. The molecule has 4 aromatic rings. The first-order valence-corrected chi connectivity index (χ1v) is 11.4. The Morgan fingerprint density at radius 3 is 2.29 bits per heavy atom. The van der Waals surface area contributed by atoms with Gasteiger partial charge in [-0.3, -0.25) is 4.90 Å². The molecular weight excluding hydrogens is 418 g/mol. The van der Waals surface area contributed by atoms with Crippen molar-refractivity contribution in [3.63, 3.8) is 0 Å². The molecule has 1 aromatic heterocycles. The molecule has 1 unspecified atom stereocenters. The Bertz CT molecular complexity index is 1370. The SMILES string of the molecule is CCN(Cc1ccc(C#N)cc1)C(c1cccc(-c2ccccc2C)c1C#N)c1cncn1C. The molecule has 0 aliphatic carbocycles. The number of aromatic nitrogens is 2. The van der Waals surface area contributed by atoms with Gasteiger partial charge in [0.2, 0.25) is 0 Å². The van der Waals surface area contributed by atoms with Crippen molar-refractivity contribution in [1.29, 1.82) is 10.5 Å². The van der Waals surface area contributed by atoms with E-state index in [-0.39, 0.29) is 6.04 Å². The van der Waals surface area contributed by atoms with E-state index >= 15 is 0 Å². The van der Waals surface area contributed by atoms with Gasteiger partial charge in [-0.05, 0) is 47.9 Å². The molecule has 4 rings (SSSR count). The minimum Gasteiger partial charge on any atom is -0.336 e. The van der Waals surface area contributed by atoms with E-state index in [2.05, 4.69) is 54.1 Å². The number of aryl methyl sites for hydroxylation is 2. The van der Waals surface area contributed by atoms with Crippen LogP contribution in [-0.4, -0.2) is 21.0 Å². The standard InChI is InChI=1S/C29H27N5/c1-4-34(19-23-14-12-22(16-30)13-15-23)29(28-18-32-20-33(28)3)26-11-7-10-25(27(26)17-31)24-9-6-5-8-21(24)2/h5-15,18,20,29H,4,19H2,1-3H3. The van der Waals surface area contributed by atoms with Crippen LogP contribution in [0.15, 0.2) is 79.3 Å². The summed E-state index contributed by atoms with van der Waals surface area (Å²) in [6, 6.07) is 26.5. The van der Waals surface area contributed by atoms with Gasteiger partial charge >= 0.3 is 0 Å². The third-order valence-electron chi connectivity index (χ3n) is 6.31. The molecule has 0 saturated carbocycles. The number of imidazole rings is 1. The van der Waals surface area contributed by atoms with Crippen molar-refractivity contribution in [1.82, 2.24) is 14.5 Å². The lowest BCUT2D eigenvalue weighted by atomic mass is 9.89. The third kappa shape index (κ3) is 4.48. The second kappa shape index (κ2) is 10.2. The van der Waals surface area contributed by atoms with E-state index in [0.29, 0.717) is 17.7 Å².